The van der Waals surface area contributed by atoms with E-state index in [1.54, 1.807) is 19.1 Å². The molecule has 26 heavy (non-hydrogen) atoms. The molecule has 0 amide bonds. The molecule has 0 radical (unpaired) electrons. The summed E-state index contributed by atoms with van der Waals surface area (Å²) < 4.78 is 24.4. The monoisotopic (exact) mass is 357 g/mol. The highest BCUT2D eigenvalue weighted by Gasteiger charge is 2.18. The number of esters is 1. The Morgan fingerprint density at radius 2 is 2.08 bits per heavy atom. The lowest BCUT2D eigenvalue weighted by Crippen LogP contribution is -2.25. The van der Waals surface area contributed by atoms with Crippen molar-refractivity contribution in [1.29, 1.82) is 0 Å². The SMILES string of the molecule is CCOC(=O)c1nn(-c2ccc(F)cc2)c(=O)cc1NCc1ccco1. The van der Waals surface area contributed by atoms with Crippen molar-refractivity contribution in [3.8, 4) is 5.69 Å². The molecule has 2 aromatic heterocycles. The molecular formula is C18H16FN3O4. The average Bonchev–Trinajstić information content (AvgIpc) is 3.14. The zero-order valence-electron chi connectivity index (χ0n) is 13.9. The van der Waals surface area contributed by atoms with Gasteiger partial charge in [0.25, 0.3) is 5.56 Å². The van der Waals surface area contributed by atoms with Crippen LogP contribution in [0.4, 0.5) is 10.1 Å². The highest BCUT2D eigenvalue weighted by molar-refractivity contribution is 5.93. The van der Waals surface area contributed by atoms with E-state index in [-0.39, 0.29) is 24.5 Å². The Labute approximate surface area is 148 Å². The van der Waals surface area contributed by atoms with Crippen LogP contribution in [0.25, 0.3) is 5.69 Å². The zero-order chi connectivity index (χ0) is 18.5. The molecule has 0 saturated heterocycles. The first-order chi connectivity index (χ1) is 12.6. The van der Waals surface area contributed by atoms with Gasteiger partial charge in [0, 0.05) is 6.07 Å². The molecule has 1 N–H and O–H groups in total. The fourth-order valence-electron chi connectivity index (χ4n) is 2.30. The number of rotatable bonds is 6. The van der Waals surface area contributed by atoms with E-state index in [9.17, 15) is 14.0 Å². The van der Waals surface area contributed by atoms with Gasteiger partial charge in [0.2, 0.25) is 0 Å². The highest BCUT2D eigenvalue weighted by atomic mass is 19.1. The zero-order valence-corrected chi connectivity index (χ0v) is 13.9. The summed E-state index contributed by atoms with van der Waals surface area (Å²) in [6, 6.07) is 9.93. The van der Waals surface area contributed by atoms with Crippen molar-refractivity contribution in [3.63, 3.8) is 0 Å². The van der Waals surface area contributed by atoms with Gasteiger partial charge in [-0.05, 0) is 43.3 Å². The van der Waals surface area contributed by atoms with E-state index in [1.807, 2.05) is 0 Å². The van der Waals surface area contributed by atoms with E-state index < -0.39 is 17.3 Å². The smallest absolute Gasteiger partial charge is 0.360 e. The van der Waals surface area contributed by atoms with Crippen molar-refractivity contribution in [2.45, 2.75) is 13.5 Å². The number of aromatic nitrogens is 2. The molecule has 3 aromatic rings. The number of carbonyl (C=O) groups is 1. The number of anilines is 1. The number of hydrogen-bond donors (Lipinski definition) is 1. The molecule has 0 fully saturated rings. The van der Waals surface area contributed by atoms with Crippen LogP contribution in [0.2, 0.25) is 0 Å². The summed E-state index contributed by atoms with van der Waals surface area (Å²) in [6.45, 7) is 2.10. The van der Waals surface area contributed by atoms with Gasteiger partial charge in [-0.3, -0.25) is 4.79 Å². The summed E-state index contributed by atoms with van der Waals surface area (Å²) in [5.74, 6) is -0.489. The van der Waals surface area contributed by atoms with Gasteiger partial charge < -0.3 is 14.5 Å². The van der Waals surface area contributed by atoms with Crippen LogP contribution in [-0.2, 0) is 11.3 Å². The normalized spacial score (nSPS) is 10.5. The Morgan fingerprint density at radius 3 is 2.73 bits per heavy atom. The minimum atomic E-state index is -0.676. The van der Waals surface area contributed by atoms with Crippen LogP contribution in [0, 0.1) is 5.82 Å². The molecule has 3 rings (SSSR count). The molecule has 0 spiro atoms. The van der Waals surface area contributed by atoms with Crippen LogP contribution >= 0.6 is 0 Å². The number of furan rings is 1. The molecule has 1 aromatic carbocycles. The lowest BCUT2D eigenvalue weighted by atomic mass is 10.3. The lowest BCUT2D eigenvalue weighted by molar-refractivity contribution is 0.0518. The number of hydrogen-bond acceptors (Lipinski definition) is 6. The first-order valence-corrected chi connectivity index (χ1v) is 7.92. The maximum atomic E-state index is 13.1. The molecule has 0 atom stereocenters. The summed E-state index contributed by atoms with van der Waals surface area (Å²) in [5, 5.41) is 7.06. The Hall–Kier alpha value is -3.42. The van der Waals surface area contributed by atoms with E-state index >= 15 is 0 Å². The average molecular weight is 357 g/mol. The number of halogens is 1. The Morgan fingerprint density at radius 1 is 1.31 bits per heavy atom. The Balaban J connectivity index is 2.00. The fraction of sp³-hybridized carbons (Fsp3) is 0.167. The van der Waals surface area contributed by atoms with Crippen molar-refractivity contribution in [2.24, 2.45) is 0 Å². The quantitative estimate of drug-likeness (QED) is 0.683. The van der Waals surface area contributed by atoms with Crippen molar-refractivity contribution in [2.75, 3.05) is 11.9 Å². The predicted octanol–water partition coefficient (Wildman–Crippen LogP) is 2.75. The predicted molar refractivity (Wildman–Crippen MR) is 91.8 cm³/mol. The van der Waals surface area contributed by atoms with Gasteiger partial charge in [-0.25, -0.2) is 9.18 Å². The minimum Gasteiger partial charge on any atom is -0.467 e. The van der Waals surface area contributed by atoms with Crippen molar-refractivity contribution >= 4 is 11.7 Å². The molecule has 7 nitrogen and oxygen atoms in total. The van der Waals surface area contributed by atoms with Crippen molar-refractivity contribution in [1.82, 2.24) is 9.78 Å². The summed E-state index contributed by atoms with van der Waals surface area (Å²) >= 11 is 0. The van der Waals surface area contributed by atoms with E-state index in [1.165, 1.54) is 36.6 Å². The molecule has 0 aliphatic heterocycles. The third-order valence-electron chi connectivity index (χ3n) is 3.50. The lowest BCUT2D eigenvalue weighted by Gasteiger charge is -2.12. The Bertz CT molecular complexity index is 950. The van der Waals surface area contributed by atoms with Gasteiger partial charge >= 0.3 is 5.97 Å². The second kappa shape index (κ2) is 7.64. The van der Waals surface area contributed by atoms with E-state index in [2.05, 4.69) is 10.4 Å². The van der Waals surface area contributed by atoms with Gasteiger partial charge in [0.05, 0.1) is 30.8 Å². The van der Waals surface area contributed by atoms with Crippen molar-refractivity contribution in [3.05, 3.63) is 76.4 Å². The Kier molecular flexibility index (Phi) is 5.12. The van der Waals surface area contributed by atoms with Crippen LogP contribution in [0.15, 0.2) is 57.9 Å². The van der Waals surface area contributed by atoms with Crippen molar-refractivity contribution < 1.29 is 18.3 Å². The van der Waals surface area contributed by atoms with Crippen LogP contribution in [-0.4, -0.2) is 22.4 Å². The number of nitrogens with zero attached hydrogens (tertiary/aromatic N) is 2. The van der Waals surface area contributed by atoms with Gasteiger partial charge in [-0.2, -0.15) is 9.78 Å². The number of ether oxygens (including phenoxy) is 1. The van der Waals surface area contributed by atoms with Gasteiger partial charge in [0.15, 0.2) is 5.69 Å². The first-order valence-electron chi connectivity index (χ1n) is 7.92. The molecular weight excluding hydrogens is 341 g/mol. The van der Waals surface area contributed by atoms with E-state index in [0.717, 1.165) is 4.68 Å². The molecule has 0 saturated carbocycles. The topological polar surface area (TPSA) is 86.4 Å². The number of benzene rings is 1. The summed E-state index contributed by atoms with van der Waals surface area (Å²) in [4.78, 5) is 24.7. The van der Waals surface area contributed by atoms with Crippen LogP contribution in [0.5, 0.6) is 0 Å². The molecule has 0 unspecified atom stereocenters. The number of nitrogens with one attached hydrogen (secondary N) is 1. The molecule has 8 heteroatoms. The highest BCUT2D eigenvalue weighted by Crippen LogP contribution is 2.15. The van der Waals surface area contributed by atoms with Gasteiger partial charge in [0.1, 0.15) is 11.6 Å². The second-order valence-electron chi connectivity index (χ2n) is 5.29. The number of carbonyl (C=O) groups excluding carboxylic acids is 1. The molecule has 0 aliphatic rings. The van der Waals surface area contributed by atoms with Gasteiger partial charge in [-0.15, -0.1) is 0 Å². The third-order valence-corrected chi connectivity index (χ3v) is 3.50. The largest absolute Gasteiger partial charge is 0.467 e. The maximum absolute atomic E-state index is 13.1. The maximum Gasteiger partial charge on any atom is 0.360 e. The second-order valence-corrected chi connectivity index (χ2v) is 5.29. The summed E-state index contributed by atoms with van der Waals surface area (Å²) in [7, 11) is 0. The summed E-state index contributed by atoms with van der Waals surface area (Å²) in [5.41, 5.74) is 0.0247. The van der Waals surface area contributed by atoms with Crippen LogP contribution < -0.4 is 10.9 Å². The molecule has 0 bridgehead atoms. The minimum absolute atomic E-state index is 0.0534. The van der Waals surface area contributed by atoms with Crippen LogP contribution in [0.3, 0.4) is 0 Å². The fourth-order valence-corrected chi connectivity index (χ4v) is 2.30. The molecule has 0 aliphatic carbocycles. The van der Waals surface area contributed by atoms with Gasteiger partial charge in [-0.1, -0.05) is 0 Å². The van der Waals surface area contributed by atoms with Crippen LogP contribution in [0.1, 0.15) is 23.2 Å². The van der Waals surface area contributed by atoms with E-state index in [4.69, 9.17) is 9.15 Å². The molecule has 134 valence electrons. The summed E-state index contributed by atoms with van der Waals surface area (Å²) in [6.07, 6.45) is 1.52. The van der Waals surface area contributed by atoms with E-state index in [0.29, 0.717) is 11.4 Å². The standard InChI is InChI=1S/C18H16FN3O4/c1-2-25-18(24)17-15(20-11-14-4-3-9-26-14)10-16(23)22(21-17)13-7-5-12(19)6-8-13/h3-10,20H,2,11H2,1H3. The molecule has 2 heterocycles. The third kappa shape index (κ3) is 3.80. The first kappa shape index (κ1) is 17.4.